The second-order valence-electron chi connectivity index (χ2n) is 6.58. The van der Waals surface area contributed by atoms with Gasteiger partial charge in [-0.2, -0.15) is 0 Å². The van der Waals surface area contributed by atoms with E-state index >= 15 is 0 Å². The quantitative estimate of drug-likeness (QED) is 0.410. The smallest absolute Gasteiger partial charge is 0.213 e. The maximum Gasteiger partial charge on any atom is 0.213 e. The summed E-state index contributed by atoms with van der Waals surface area (Å²) in [4.78, 5) is 3.53. The van der Waals surface area contributed by atoms with Crippen LogP contribution in [0.4, 0.5) is 0 Å². The third-order valence-corrected chi connectivity index (χ3v) is 4.77. The Morgan fingerprint density at radius 1 is 0.906 bits per heavy atom. The number of hydrogen-bond donors (Lipinski definition) is 1. The van der Waals surface area contributed by atoms with Gasteiger partial charge in [-0.05, 0) is 30.3 Å². The van der Waals surface area contributed by atoms with Crippen molar-refractivity contribution in [1.82, 2.24) is 0 Å². The third-order valence-electron chi connectivity index (χ3n) is 4.44. The predicted molar refractivity (Wildman–Crippen MR) is 107 cm³/mol. The number of halogens is 2. The number of hydrogen-bond acceptors (Lipinski definition) is 6. The molecule has 4 aromatic rings. The summed E-state index contributed by atoms with van der Waals surface area (Å²) in [6.07, 6.45) is 0. The van der Waals surface area contributed by atoms with Gasteiger partial charge in [-0.15, -0.1) is 10.2 Å². The molecule has 1 N–H and O–H groups in total. The number of benzene rings is 3. The average molecular weight is 476 g/mol. The van der Waals surface area contributed by atoms with Crippen LogP contribution in [0.15, 0.2) is 83.3 Å². The number of methoxy groups -OCH3 is 1. The minimum atomic E-state index is -4.94. The van der Waals surface area contributed by atoms with E-state index in [1.165, 1.54) is 5.56 Å². The first-order valence-corrected chi connectivity index (χ1v) is 10.9. The first kappa shape index (κ1) is 23.7. The number of ether oxygens (including phenoxy) is 1. The molecule has 0 amide bonds. The van der Waals surface area contributed by atoms with Crippen molar-refractivity contribution in [2.75, 3.05) is 7.11 Å². The van der Waals surface area contributed by atoms with Crippen LogP contribution in [0.3, 0.4) is 0 Å². The topological polar surface area (TPSA) is 129 Å². The van der Waals surface area contributed by atoms with Gasteiger partial charge in [-0.3, -0.25) is 0 Å². The predicted octanol–water partition coefficient (Wildman–Crippen LogP) is -0.813. The molecule has 0 atom stereocenters. The van der Waals surface area contributed by atoms with E-state index in [0.717, 1.165) is 27.6 Å². The van der Waals surface area contributed by atoms with E-state index in [1.807, 2.05) is 66.7 Å². The van der Waals surface area contributed by atoms with Crippen molar-refractivity contribution in [3.05, 3.63) is 94.8 Å². The van der Waals surface area contributed by atoms with Gasteiger partial charge in [-0.25, -0.2) is 23.6 Å². The molecule has 3 aromatic carbocycles. The van der Waals surface area contributed by atoms with E-state index in [-0.39, 0.29) is 0 Å². The number of nitrogens with one attached hydrogen (secondary N) is 1. The van der Waals surface area contributed by atoms with Gasteiger partial charge in [-0.1, -0.05) is 54.1 Å². The van der Waals surface area contributed by atoms with Gasteiger partial charge < -0.3 is 9.15 Å². The first-order valence-electron chi connectivity index (χ1n) is 9.34. The van der Waals surface area contributed by atoms with E-state index in [1.54, 1.807) is 7.11 Å². The summed E-state index contributed by atoms with van der Waals surface area (Å²) in [5, 5.41) is 2.58. The molecule has 0 aliphatic rings. The lowest BCUT2D eigenvalue weighted by molar-refractivity contribution is -2.00. The zero-order chi connectivity index (χ0) is 23.1. The van der Waals surface area contributed by atoms with Crippen molar-refractivity contribution in [3.63, 3.8) is 0 Å². The SMILES string of the molecule is COc1ccc2oc(-c3ccccc3Cl)cc(=[NH+]Cc3ccccc3)c2c1.[O-][Cl+3]([O-])([O-])[O-]. The average Bonchev–Trinajstić information content (AvgIpc) is 2.77. The van der Waals surface area contributed by atoms with E-state index in [0.29, 0.717) is 17.3 Å². The van der Waals surface area contributed by atoms with Gasteiger partial charge in [0, 0.05) is 11.1 Å². The van der Waals surface area contributed by atoms with Crippen molar-refractivity contribution in [2.45, 2.75) is 6.54 Å². The number of rotatable bonds is 4. The van der Waals surface area contributed by atoms with Crippen LogP contribution in [0.2, 0.25) is 5.02 Å². The van der Waals surface area contributed by atoms with Crippen LogP contribution in [0, 0.1) is 10.2 Å². The Kier molecular flexibility index (Phi) is 7.87. The van der Waals surface area contributed by atoms with Crippen molar-refractivity contribution in [1.29, 1.82) is 0 Å². The molecule has 1 heterocycles. The molecule has 0 fully saturated rings. The molecule has 0 bridgehead atoms. The zero-order valence-electron chi connectivity index (χ0n) is 16.9. The highest BCUT2D eigenvalue weighted by molar-refractivity contribution is 6.33. The summed E-state index contributed by atoms with van der Waals surface area (Å²) >= 11 is 6.38. The molecule has 32 heavy (non-hydrogen) atoms. The molecule has 0 saturated carbocycles. The summed E-state index contributed by atoms with van der Waals surface area (Å²) < 4.78 is 45.5. The molecule has 4 rings (SSSR count). The fourth-order valence-electron chi connectivity index (χ4n) is 3.03. The van der Waals surface area contributed by atoms with Gasteiger partial charge >= 0.3 is 0 Å². The lowest BCUT2D eigenvalue weighted by Gasteiger charge is -2.17. The molecule has 0 radical (unpaired) electrons. The van der Waals surface area contributed by atoms with E-state index in [2.05, 4.69) is 17.1 Å². The molecule has 1 aromatic heterocycles. The summed E-state index contributed by atoms with van der Waals surface area (Å²) in [5.41, 5.74) is 2.83. The Hall–Kier alpha value is -2.91. The molecule has 0 unspecified atom stereocenters. The molecule has 9 heteroatoms. The second-order valence-corrected chi connectivity index (χ2v) is 7.75. The normalized spacial score (nSPS) is 11.8. The van der Waals surface area contributed by atoms with Gasteiger partial charge in [0.15, 0.2) is 6.54 Å². The minimum absolute atomic E-state index is 0.656. The van der Waals surface area contributed by atoms with Crippen LogP contribution in [0.25, 0.3) is 22.3 Å². The molecule has 7 nitrogen and oxygen atoms in total. The van der Waals surface area contributed by atoms with Crippen LogP contribution >= 0.6 is 11.6 Å². The summed E-state index contributed by atoms with van der Waals surface area (Å²) in [7, 11) is -3.28. The van der Waals surface area contributed by atoms with Gasteiger partial charge in [0.2, 0.25) is 5.36 Å². The maximum atomic E-state index is 8.49. The second kappa shape index (κ2) is 10.6. The summed E-state index contributed by atoms with van der Waals surface area (Å²) in [6, 6.07) is 25.7. The molecular formula is C23H19Cl2NO6. The molecule has 0 saturated heterocycles. The Balaban J connectivity index is 0.000000523. The lowest BCUT2D eigenvalue weighted by atomic mass is 10.1. The zero-order valence-corrected chi connectivity index (χ0v) is 18.4. The first-order chi connectivity index (χ1) is 15.2. The van der Waals surface area contributed by atoms with Crippen LogP contribution < -0.4 is 33.7 Å². The molecule has 0 spiro atoms. The Morgan fingerprint density at radius 3 is 2.22 bits per heavy atom. The van der Waals surface area contributed by atoms with Crippen molar-refractivity contribution in [3.8, 4) is 17.1 Å². The Morgan fingerprint density at radius 2 is 1.56 bits per heavy atom. The Bertz CT molecular complexity index is 1250. The molecule has 0 aliphatic carbocycles. The molecule has 0 aliphatic heterocycles. The van der Waals surface area contributed by atoms with Crippen molar-refractivity contribution in [2.24, 2.45) is 0 Å². The number of fused-ring (bicyclic) bond motifs is 1. The third kappa shape index (κ3) is 6.80. The highest BCUT2D eigenvalue weighted by atomic mass is 35.7. The van der Waals surface area contributed by atoms with Crippen LogP contribution in [-0.2, 0) is 6.54 Å². The monoisotopic (exact) mass is 475 g/mol. The highest BCUT2D eigenvalue weighted by Crippen LogP contribution is 2.29. The Labute approximate surface area is 191 Å². The standard InChI is InChI=1S/C23H18ClNO2.ClHO4/c1-26-17-11-12-22-19(13-17)21(25-15-16-7-3-2-4-8-16)14-23(27-22)18-9-5-6-10-20(18)24;2-1(3,4)5/h2-14H,15H2,1H3;(H,2,3,4,5). The summed E-state index contributed by atoms with van der Waals surface area (Å²) in [6.45, 7) is 0.707. The van der Waals surface area contributed by atoms with Crippen molar-refractivity contribution >= 4 is 22.6 Å². The van der Waals surface area contributed by atoms with E-state index in [4.69, 9.17) is 39.4 Å². The van der Waals surface area contributed by atoms with Crippen LogP contribution in [0.1, 0.15) is 5.56 Å². The minimum Gasteiger partial charge on any atom is -0.497 e. The van der Waals surface area contributed by atoms with Crippen LogP contribution in [0.5, 0.6) is 5.75 Å². The van der Waals surface area contributed by atoms with E-state index < -0.39 is 10.2 Å². The fourth-order valence-corrected chi connectivity index (χ4v) is 3.25. The van der Waals surface area contributed by atoms with Gasteiger partial charge in [0.05, 0.1) is 23.6 Å². The van der Waals surface area contributed by atoms with E-state index in [9.17, 15) is 0 Å². The van der Waals surface area contributed by atoms with Crippen molar-refractivity contribution < 1.29 is 43.0 Å². The van der Waals surface area contributed by atoms with Crippen LogP contribution in [-0.4, -0.2) is 7.11 Å². The van der Waals surface area contributed by atoms with Gasteiger partial charge in [0.25, 0.3) is 0 Å². The highest BCUT2D eigenvalue weighted by Gasteiger charge is 2.12. The molecular weight excluding hydrogens is 457 g/mol. The summed E-state index contributed by atoms with van der Waals surface area (Å²) in [5.74, 6) is 1.50. The molecule has 166 valence electrons. The fraction of sp³-hybridized carbons (Fsp3) is 0.0870. The maximum absolute atomic E-state index is 8.49. The van der Waals surface area contributed by atoms with Gasteiger partial charge in [0.1, 0.15) is 17.1 Å². The lowest BCUT2D eigenvalue weighted by Crippen LogP contribution is -2.75. The largest absolute Gasteiger partial charge is 0.497 e.